The minimum Gasteiger partial charge on any atom is -0.480 e. The number of benzene rings is 2. The van der Waals surface area contributed by atoms with Crippen molar-refractivity contribution in [3.05, 3.63) is 59.7 Å². The van der Waals surface area contributed by atoms with Gasteiger partial charge in [0.2, 0.25) is 0 Å². The SMILES string of the molecule is COC(=O)N(C1c2ccccc2-c2ccccc21)[C@@H](CCNC(=O)OC(C)(C)C)C(=O)O. The first-order chi connectivity index (χ1) is 15.1. The van der Waals surface area contributed by atoms with E-state index < -0.39 is 35.8 Å². The van der Waals surface area contributed by atoms with Gasteiger partial charge in [-0.3, -0.25) is 4.90 Å². The zero-order valence-corrected chi connectivity index (χ0v) is 18.6. The summed E-state index contributed by atoms with van der Waals surface area (Å²) in [6, 6.07) is 13.3. The summed E-state index contributed by atoms with van der Waals surface area (Å²) in [6.45, 7) is 5.22. The minimum absolute atomic E-state index is 0.00931. The van der Waals surface area contributed by atoms with Gasteiger partial charge in [-0.1, -0.05) is 48.5 Å². The van der Waals surface area contributed by atoms with E-state index in [1.165, 1.54) is 12.0 Å². The molecule has 0 radical (unpaired) electrons. The number of methoxy groups -OCH3 is 1. The highest BCUT2D eigenvalue weighted by Gasteiger charge is 2.42. The number of carbonyl (C=O) groups excluding carboxylic acids is 2. The van der Waals surface area contributed by atoms with Gasteiger partial charge >= 0.3 is 18.2 Å². The number of aliphatic carboxylic acids is 1. The molecule has 0 aliphatic heterocycles. The van der Waals surface area contributed by atoms with Crippen LogP contribution in [0.2, 0.25) is 0 Å². The molecule has 2 amide bonds. The molecule has 170 valence electrons. The number of carboxylic acids is 1. The molecule has 2 N–H and O–H groups in total. The van der Waals surface area contributed by atoms with Gasteiger partial charge < -0.3 is 19.9 Å². The van der Waals surface area contributed by atoms with Gasteiger partial charge in [-0.25, -0.2) is 14.4 Å². The number of fused-ring (bicyclic) bond motifs is 3. The molecule has 1 aliphatic carbocycles. The minimum atomic E-state index is -1.23. The van der Waals surface area contributed by atoms with Crippen molar-refractivity contribution in [3.8, 4) is 11.1 Å². The van der Waals surface area contributed by atoms with E-state index >= 15 is 0 Å². The van der Waals surface area contributed by atoms with E-state index in [1.54, 1.807) is 20.8 Å². The number of hydrogen-bond acceptors (Lipinski definition) is 5. The summed E-state index contributed by atoms with van der Waals surface area (Å²) in [5, 5.41) is 12.6. The Hall–Kier alpha value is -3.55. The molecule has 0 heterocycles. The summed E-state index contributed by atoms with van der Waals surface area (Å²) >= 11 is 0. The van der Waals surface area contributed by atoms with Gasteiger partial charge in [0.05, 0.1) is 13.2 Å². The Morgan fingerprint density at radius 1 is 1.03 bits per heavy atom. The Balaban J connectivity index is 1.92. The van der Waals surface area contributed by atoms with Crippen LogP contribution < -0.4 is 5.32 Å². The first kappa shape index (κ1) is 23.1. The lowest BCUT2D eigenvalue weighted by molar-refractivity contribution is -0.143. The fourth-order valence-corrected chi connectivity index (χ4v) is 3.95. The van der Waals surface area contributed by atoms with Crippen LogP contribution in [0.1, 0.15) is 44.4 Å². The van der Waals surface area contributed by atoms with Gasteiger partial charge in [0.15, 0.2) is 0 Å². The maximum atomic E-state index is 12.9. The number of hydrogen-bond donors (Lipinski definition) is 2. The summed E-state index contributed by atoms with van der Waals surface area (Å²) in [5.41, 5.74) is 2.86. The fourth-order valence-electron chi connectivity index (χ4n) is 3.95. The molecule has 0 spiro atoms. The molecule has 3 rings (SSSR count). The molecule has 0 unspecified atom stereocenters. The first-order valence-corrected chi connectivity index (χ1v) is 10.4. The van der Waals surface area contributed by atoms with E-state index in [9.17, 15) is 19.5 Å². The zero-order chi connectivity index (χ0) is 23.5. The number of amides is 2. The number of ether oxygens (including phenoxy) is 2. The molecular formula is C24H28N2O6. The van der Waals surface area contributed by atoms with Gasteiger partial charge in [0.25, 0.3) is 0 Å². The van der Waals surface area contributed by atoms with E-state index in [-0.39, 0.29) is 13.0 Å². The van der Waals surface area contributed by atoms with Gasteiger partial charge in [-0.15, -0.1) is 0 Å². The van der Waals surface area contributed by atoms with Crippen molar-refractivity contribution in [2.45, 2.75) is 44.9 Å². The normalized spacial score (nSPS) is 13.5. The van der Waals surface area contributed by atoms with Crippen LogP contribution in [0.5, 0.6) is 0 Å². The van der Waals surface area contributed by atoms with Crippen molar-refractivity contribution < 1.29 is 29.0 Å². The lowest BCUT2D eigenvalue weighted by Gasteiger charge is -2.34. The maximum absolute atomic E-state index is 12.9. The molecule has 8 nitrogen and oxygen atoms in total. The molecule has 0 saturated heterocycles. The smallest absolute Gasteiger partial charge is 0.411 e. The summed E-state index contributed by atoms with van der Waals surface area (Å²) in [5.74, 6) is -1.19. The zero-order valence-electron chi connectivity index (χ0n) is 18.6. The van der Waals surface area contributed by atoms with E-state index in [1.807, 2.05) is 48.5 Å². The largest absolute Gasteiger partial charge is 0.480 e. The molecule has 0 fully saturated rings. The average Bonchev–Trinajstić information content (AvgIpc) is 3.06. The van der Waals surface area contributed by atoms with Crippen LogP contribution in [0.25, 0.3) is 11.1 Å². The number of carbonyl (C=O) groups is 3. The Bertz CT molecular complexity index is 968. The van der Waals surface area contributed by atoms with E-state index in [0.717, 1.165) is 22.3 Å². The molecule has 0 aromatic heterocycles. The molecular weight excluding hydrogens is 412 g/mol. The van der Waals surface area contributed by atoms with Crippen LogP contribution >= 0.6 is 0 Å². The van der Waals surface area contributed by atoms with Crippen molar-refractivity contribution >= 4 is 18.2 Å². The average molecular weight is 440 g/mol. The predicted molar refractivity (Wildman–Crippen MR) is 118 cm³/mol. The van der Waals surface area contributed by atoms with E-state index in [2.05, 4.69) is 5.32 Å². The van der Waals surface area contributed by atoms with Crippen molar-refractivity contribution in [1.82, 2.24) is 10.2 Å². The highest BCUT2D eigenvalue weighted by atomic mass is 16.6. The lowest BCUT2D eigenvalue weighted by atomic mass is 10.0. The van der Waals surface area contributed by atoms with Crippen molar-refractivity contribution in [2.75, 3.05) is 13.7 Å². The molecule has 0 bridgehead atoms. The second-order valence-electron chi connectivity index (χ2n) is 8.53. The molecule has 2 aromatic rings. The van der Waals surface area contributed by atoms with Crippen molar-refractivity contribution in [1.29, 1.82) is 0 Å². The number of rotatable bonds is 6. The molecule has 0 saturated carbocycles. The van der Waals surface area contributed by atoms with Gasteiger partial charge in [0.1, 0.15) is 11.6 Å². The summed E-state index contributed by atoms with van der Waals surface area (Å²) in [7, 11) is 1.22. The predicted octanol–water partition coefficient (Wildman–Crippen LogP) is 4.19. The van der Waals surface area contributed by atoms with Crippen LogP contribution in [0.3, 0.4) is 0 Å². The van der Waals surface area contributed by atoms with Gasteiger partial charge in [-0.05, 0) is 49.4 Å². The maximum Gasteiger partial charge on any atom is 0.411 e. The van der Waals surface area contributed by atoms with Crippen LogP contribution in [-0.2, 0) is 14.3 Å². The lowest BCUT2D eigenvalue weighted by Crippen LogP contribution is -2.48. The highest BCUT2D eigenvalue weighted by molar-refractivity contribution is 5.85. The Morgan fingerprint density at radius 2 is 1.56 bits per heavy atom. The number of alkyl carbamates (subject to hydrolysis) is 1. The summed E-state index contributed by atoms with van der Waals surface area (Å²) in [6.07, 6.45) is -1.43. The van der Waals surface area contributed by atoms with Crippen LogP contribution in [-0.4, -0.2) is 53.5 Å². The van der Waals surface area contributed by atoms with E-state index in [4.69, 9.17) is 9.47 Å². The monoisotopic (exact) mass is 440 g/mol. The second kappa shape index (κ2) is 9.30. The van der Waals surface area contributed by atoms with Crippen LogP contribution in [0.4, 0.5) is 9.59 Å². The van der Waals surface area contributed by atoms with E-state index in [0.29, 0.717) is 0 Å². The third kappa shape index (κ3) is 4.85. The number of carboxylic acid groups (broad SMARTS) is 1. The van der Waals surface area contributed by atoms with Gasteiger partial charge in [-0.2, -0.15) is 0 Å². The van der Waals surface area contributed by atoms with Crippen molar-refractivity contribution in [2.24, 2.45) is 0 Å². The second-order valence-corrected chi connectivity index (χ2v) is 8.53. The standard InChI is InChI=1S/C24H28N2O6/c1-24(2,3)32-22(29)25-14-13-19(21(27)28)26(23(30)31-4)20-17-11-7-5-9-15(17)16-10-6-8-12-18(16)20/h5-12,19-20H,13-14H2,1-4H3,(H,25,29)(H,27,28)/t19-/m0/s1. The molecule has 8 heteroatoms. The number of nitrogens with one attached hydrogen (secondary N) is 1. The molecule has 1 aliphatic rings. The first-order valence-electron chi connectivity index (χ1n) is 10.4. The van der Waals surface area contributed by atoms with Gasteiger partial charge in [0, 0.05) is 6.54 Å². The molecule has 1 atom stereocenters. The quantitative estimate of drug-likeness (QED) is 0.698. The van der Waals surface area contributed by atoms with Crippen LogP contribution in [0.15, 0.2) is 48.5 Å². The fraction of sp³-hybridized carbons (Fsp3) is 0.375. The third-order valence-corrected chi connectivity index (χ3v) is 5.17. The Labute approximate surface area is 187 Å². The van der Waals surface area contributed by atoms with Crippen molar-refractivity contribution in [3.63, 3.8) is 0 Å². The summed E-state index contributed by atoms with van der Waals surface area (Å²) < 4.78 is 10.2. The molecule has 2 aromatic carbocycles. The summed E-state index contributed by atoms with van der Waals surface area (Å²) in [4.78, 5) is 38.3. The third-order valence-electron chi connectivity index (χ3n) is 5.17. The highest BCUT2D eigenvalue weighted by Crippen LogP contribution is 2.47. The molecule has 32 heavy (non-hydrogen) atoms. The number of nitrogens with zero attached hydrogens (tertiary/aromatic N) is 1. The topological polar surface area (TPSA) is 105 Å². The Morgan fingerprint density at radius 3 is 2.03 bits per heavy atom. The van der Waals surface area contributed by atoms with Crippen LogP contribution in [0, 0.1) is 0 Å². The Kier molecular flexibility index (Phi) is 6.72.